The van der Waals surface area contributed by atoms with Crippen molar-refractivity contribution < 1.29 is 14.3 Å². The largest absolute Gasteiger partial charge is 0.378 e. The van der Waals surface area contributed by atoms with Crippen molar-refractivity contribution in [3.05, 3.63) is 29.8 Å². The molecule has 3 fully saturated rings. The van der Waals surface area contributed by atoms with Gasteiger partial charge in [-0.25, -0.2) is 0 Å². The lowest BCUT2D eigenvalue weighted by Crippen LogP contribution is -2.42. The topological polar surface area (TPSA) is 84.7 Å². The Bertz CT molecular complexity index is 652. The molecule has 1 aliphatic heterocycles. The maximum Gasteiger partial charge on any atom is 0.254 e. The van der Waals surface area contributed by atoms with Crippen LogP contribution in [0.2, 0.25) is 0 Å². The van der Waals surface area contributed by atoms with Crippen LogP contribution in [0.25, 0.3) is 0 Å². The van der Waals surface area contributed by atoms with Crippen LogP contribution in [0, 0.1) is 17.8 Å². The highest BCUT2D eigenvalue weighted by Crippen LogP contribution is 2.47. The van der Waals surface area contributed by atoms with Gasteiger partial charge in [0, 0.05) is 30.4 Å². The zero-order valence-electron chi connectivity index (χ0n) is 14.3. The summed E-state index contributed by atoms with van der Waals surface area (Å²) in [7, 11) is 0. The van der Waals surface area contributed by atoms with Gasteiger partial charge in [0.2, 0.25) is 5.91 Å². The van der Waals surface area contributed by atoms with E-state index in [1.165, 1.54) is 0 Å². The second-order valence-corrected chi connectivity index (χ2v) is 7.41. The number of carbonyl (C=O) groups is 2. The van der Waals surface area contributed by atoms with Crippen molar-refractivity contribution >= 4 is 17.5 Å². The van der Waals surface area contributed by atoms with Crippen LogP contribution in [0.4, 0.5) is 5.69 Å². The second kappa shape index (κ2) is 6.77. The Balaban J connectivity index is 1.39. The molecule has 3 N–H and O–H groups in total. The monoisotopic (exact) mass is 343 g/mol. The third-order valence-corrected chi connectivity index (χ3v) is 5.98. The molecule has 2 saturated carbocycles. The molecule has 2 bridgehead atoms. The van der Waals surface area contributed by atoms with Crippen molar-refractivity contribution in [1.29, 1.82) is 0 Å². The molecule has 0 radical (unpaired) electrons. The molecule has 1 aromatic rings. The van der Waals surface area contributed by atoms with Crippen LogP contribution in [0.1, 0.15) is 29.6 Å². The van der Waals surface area contributed by atoms with E-state index in [1.807, 2.05) is 0 Å². The van der Waals surface area contributed by atoms with E-state index in [4.69, 9.17) is 10.5 Å². The third kappa shape index (κ3) is 3.16. The molecule has 0 aromatic heterocycles. The number of morpholine rings is 1. The van der Waals surface area contributed by atoms with E-state index in [0.717, 1.165) is 24.9 Å². The highest BCUT2D eigenvalue weighted by molar-refractivity contribution is 5.96. The standard InChI is InChI=1S/C19H25N3O3/c20-17-14-2-1-13(11-14)16(17)18(23)21-15-5-3-12(4-6-15)19(24)22-7-9-25-10-8-22/h3-6,13-14,16-17H,1-2,7-11,20H2,(H,21,23). The Hall–Kier alpha value is -1.92. The van der Waals surface area contributed by atoms with Gasteiger partial charge in [-0.2, -0.15) is 0 Å². The summed E-state index contributed by atoms with van der Waals surface area (Å²) in [6.07, 6.45) is 3.36. The number of fused-ring (bicyclic) bond motifs is 2. The molecule has 0 spiro atoms. The molecule has 1 aromatic carbocycles. The van der Waals surface area contributed by atoms with E-state index in [-0.39, 0.29) is 23.8 Å². The molecule has 2 amide bonds. The Labute approximate surface area is 147 Å². The SMILES string of the molecule is NC1C2CCC(C2)C1C(=O)Nc1ccc(C(=O)N2CCOCC2)cc1. The summed E-state index contributed by atoms with van der Waals surface area (Å²) in [5.74, 6) is 0.896. The Morgan fingerprint density at radius 1 is 1.08 bits per heavy atom. The number of nitrogens with two attached hydrogens (primary N) is 1. The minimum atomic E-state index is -0.0755. The molecule has 1 heterocycles. The van der Waals surface area contributed by atoms with Crippen LogP contribution >= 0.6 is 0 Å². The Kier molecular flexibility index (Phi) is 4.48. The van der Waals surface area contributed by atoms with Crippen molar-refractivity contribution in [2.75, 3.05) is 31.6 Å². The number of nitrogens with one attached hydrogen (secondary N) is 1. The van der Waals surface area contributed by atoms with Crippen LogP contribution in [-0.4, -0.2) is 49.1 Å². The maximum atomic E-state index is 12.6. The number of carbonyl (C=O) groups excluding carboxylic acids is 2. The molecule has 25 heavy (non-hydrogen) atoms. The summed E-state index contributed by atoms with van der Waals surface area (Å²) >= 11 is 0. The summed E-state index contributed by atoms with van der Waals surface area (Å²) < 4.78 is 5.28. The van der Waals surface area contributed by atoms with Crippen LogP contribution in [0.5, 0.6) is 0 Å². The van der Waals surface area contributed by atoms with E-state index in [9.17, 15) is 9.59 Å². The number of nitrogens with zero attached hydrogens (tertiary/aromatic N) is 1. The lowest BCUT2D eigenvalue weighted by molar-refractivity contribution is -0.121. The van der Waals surface area contributed by atoms with Crippen LogP contribution < -0.4 is 11.1 Å². The minimum Gasteiger partial charge on any atom is -0.378 e. The van der Waals surface area contributed by atoms with Crippen LogP contribution in [0.3, 0.4) is 0 Å². The van der Waals surface area contributed by atoms with Gasteiger partial charge in [-0.15, -0.1) is 0 Å². The zero-order chi connectivity index (χ0) is 17.4. The highest BCUT2D eigenvalue weighted by Gasteiger charge is 2.49. The molecule has 6 nitrogen and oxygen atoms in total. The summed E-state index contributed by atoms with van der Waals surface area (Å²) in [5, 5.41) is 2.98. The van der Waals surface area contributed by atoms with E-state index in [0.29, 0.717) is 43.7 Å². The first-order valence-electron chi connectivity index (χ1n) is 9.17. The number of benzene rings is 1. The zero-order valence-corrected chi connectivity index (χ0v) is 14.3. The van der Waals surface area contributed by atoms with E-state index in [2.05, 4.69) is 5.32 Å². The molecule has 2 aliphatic carbocycles. The Morgan fingerprint density at radius 3 is 2.40 bits per heavy atom. The van der Waals surface area contributed by atoms with Crippen molar-refractivity contribution in [3.8, 4) is 0 Å². The van der Waals surface area contributed by atoms with Crippen molar-refractivity contribution in [3.63, 3.8) is 0 Å². The molecule has 3 aliphatic rings. The smallest absolute Gasteiger partial charge is 0.254 e. The van der Waals surface area contributed by atoms with Gasteiger partial charge >= 0.3 is 0 Å². The molecule has 4 rings (SSSR count). The molecular formula is C19H25N3O3. The molecule has 4 atom stereocenters. The van der Waals surface area contributed by atoms with Gasteiger partial charge < -0.3 is 20.7 Å². The number of hydrogen-bond acceptors (Lipinski definition) is 4. The molecule has 134 valence electrons. The molecule has 6 heteroatoms. The number of amides is 2. The third-order valence-electron chi connectivity index (χ3n) is 5.98. The van der Waals surface area contributed by atoms with Crippen molar-refractivity contribution in [1.82, 2.24) is 4.90 Å². The van der Waals surface area contributed by atoms with E-state index < -0.39 is 0 Å². The predicted octanol–water partition coefficient (Wildman–Crippen LogP) is 1.47. The lowest BCUT2D eigenvalue weighted by Gasteiger charge is -2.27. The van der Waals surface area contributed by atoms with Crippen molar-refractivity contribution in [2.24, 2.45) is 23.5 Å². The predicted molar refractivity (Wildman–Crippen MR) is 94.1 cm³/mol. The number of rotatable bonds is 3. The van der Waals surface area contributed by atoms with Gasteiger partial charge in [-0.05, 0) is 55.4 Å². The Morgan fingerprint density at radius 2 is 1.76 bits per heavy atom. The number of hydrogen-bond donors (Lipinski definition) is 2. The summed E-state index contributed by atoms with van der Waals surface area (Å²) in [6.45, 7) is 2.42. The lowest BCUT2D eigenvalue weighted by atomic mass is 9.84. The van der Waals surface area contributed by atoms with Crippen molar-refractivity contribution in [2.45, 2.75) is 25.3 Å². The molecular weight excluding hydrogens is 318 g/mol. The van der Waals surface area contributed by atoms with E-state index >= 15 is 0 Å². The summed E-state index contributed by atoms with van der Waals surface area (Å²) in [4.78, 5) is 26.8. The first kappa shape index (κ1) is 16.5. The van der Waals surface area contributed by atoms with E-state index in [1.54, 1.807) is 29.2 Å². The second-order valence-electron chi connectivity index (χ2n) is 7.41. The fourth-order valence-corrected chi connectivity index (χ4v) is 4.60. The van der Waals surface area contributed by atoms with Gasteiger partial charge in [-0.1, -0.05) is 0 Å². The van der Waals surface area contributed by atoms with Gasteiger partial charge in [0.25, 0.3) is 5.91 Å². The first-order valence-corrected chi connectivity index (χ1v) is 9.17. The van der Waals surface area contributed by atoms with Gasteiger partial charge in [0.1, 0.15) is 0 Å². The summed E-state index contributed by atoms with van der Waals surface area (Å²) in [5.41, 5.74) is 7.60. The average molecular weight is 343 g/mol. The maximum absolute atomic E-state index is 12.6. The number of anilines is 1. The average Bonchev–Trinajstić information content (AvgIpc) is 3.23. The fraction of sp³-hybridized carbons (Fsp3) is 0.579. The highest BCUT2D eigenvalue weighted by atomic mass is 16.5. The summed E-state index contributed by atoms with van der Waals surface area (Å²) in [6, 6.07) is 7.12. The minimum absolute atomic E-state index is 0.0105. The van der Waals surface area contributed by atoms with Gasteiger partial charge in [0.15, 0.2) is 0 Å². The van der Waals surface area contributed by atoms with Gasteiger partial charge in [0.05, 0.1) is 19.1 Å². The van der Waals surface area contributed by atoms with Crippen LogP contribution in [-0.2, 0) is 9.53 Å². The molecule has 4 unspecified atom stereocenters. The molecule has 1 saturated heterocycles. The van der Waals surface area contributed by atoms with Gasteiger partial charge in [-0.3, -0.25) is 9.59 Å². The fourth-order valence-electron chi connectivity index (χ4n) is 4.60. The normalized spacial score (nSPS) is 31.2. The first-order chi connectivity index (χ1) is 12.1. The quantitative estimate of drug-likeness (QED) is 0.870. The van der Waals surface area contributed by atoms with Crippen LogP contribution in [0.15, 0.2) is 24.3 Å². The number of ether oxygens (including phenoxy) is 1.